The number of benzene rings is 2. The molecular formula is C24H24N6O2. The summed E-state index contributed by atoms with van der Waals surface area (Å²) in [4.78, 5) is 25.2. The van der Waals surface area contributed by atoms with Crippen molar-refractivity contribution in [3.05, 3.63) is 94.5 Å². The van der Waals surface area contributed by atoms with Gasteiger partial charge < -0.3 is 10.6 Å². The second kappa shape index (κ2) is 8.89. The molecule has 4 rings (SSSR count). The van der Waals surface area contributed by atoms with Crippen molar-refractivity contribution in [1.29, 1.82) is 0 Å². The van der Waals surface area contributed by atoms with E-state index in [9.17, 15) is 9.59 Å². The molecule has 1 amide bonds. The molecule has 8 heteroatoms. The summed E-state index contributed by atoms with van der Waals surface area (Å²) in [6, 6.07) is 21.3. The van der Waals surface area contributed by atoms with Crippen LogP contribution < -0.4 is 16.2 Å². The van der Waals surface area contributed by atoms with Crippen LogP contribution in [0.4, 0.5) is 17.1 Å². The highest BCUT2D eigenvalue weighted by Crippen LogP contribution is 2.19. The van der Waals surface area contributed by atoms with Crippen molar-refractivity contribution >= 4 is 23.0 Å². The molecule has 162 valence electrons. The van der Waals surface area contributed by atoms with Crippen molar-refractivity contribution in [2.75, 3.05) is 10.6 Å². The fraction of sp³-hybridized carbons (Fsp3) is 0.167. The summed E-state index contributed by atoms with van der Waals surface area (Å²) in [6.45, 7) is 5.43. The van der Waals surface area contributed by atoms with Crippen molar-refractivity contribution in [2.45, 2.75) is 26.8 Å². The summed E-state index contributed by atoms with van der Waals surface area (Å²) < 4.78 is 2.82. The van der Waals surface area contributed by atoms with Gasteiger partial charge in [0.2, 0.25) is 5.91 Å². The molecule has 4 aromatic rings. The second-order valence-corrected chi connectivity index (χ2v) is 7.55. The Morgan fingerprint density at radius 1 is 0.875 bits per heavy atom. The normalized spacial score (nSPS) is 11.7. The molecule has 2 heterocycles. The van der Waals surface area contributed by atoms with Crippen LogP contribution in [0, 0.1) is 13.8 Å². The van der Waals surface area contributed by atoms with Gasteiger partial charge in [-0.2, -0.15) is 5.10 Å². The van der Waals surface area contributed by atoms with E-state index in [1.54, 1.807) is 29.8 Å². The molecule has 0 saturated heterocycles. The van der Waals surface area contributed by atoms with E-state index in [1.165, 1.54) is 10.7 Å². The third-order valence-corrected chi connectivity index (χ3v) is 5.00. The lowest BCUT2D eigenvalue weighted by Gasteiger charge is -2.15. The number of anilines is 3. The molecule has 1 unspecified atom stereocenters. The summed E-state index contributed by atoms with van der Waals surface area (Å²) >= 11 is 0. The zero-order chi connectivity index (χ0) is 22.7. The van der Waals surface area contributed by atoms with Crippen LogP contribution >= 0.6 is 0 Å². The zero-order valence-electron chi connectivity index (χ0n) is 18.1. The molecule has 0 aliphatic carbocycles. The topological polar surface area (TPSA) is 93.8 Å². The van der Waals surface area contributed by atoms with Crippen LogP contribution in [0.15, 0.2) is 77.6 Å². The largest absolute Gasteiger partial charge is 0.356 e. The van der Waals surface area contributed by atoms with Gasteiger partial charge in [0.05, 0.1) is 5.69 Å². The highest BCUT2D eigenvalue weighted by molar-refractivity contribution is 5.93. The Labute approximate surface area is 185 Å². The lowest BCUT2D eigenvalue weighted by Crippen LogP contribution is -2.33. The van der Waals surface area contributed by atoms with E-state index in [-0.39, 0.29) is 11.5 Å². The molecule has 0 radical (unpaired) electrons. The molecule has 0 spiro atoms. The van der Waals surface area contributed by atoms with Crippen LogP contribution in [0.25, 0.3) is 5.82 Å². The maximum atomic E-state index is 12.8. The predicted molar refractivity (Wildman–Crippen MR) is 125 cm³/mol. The molecule has 0 fully saturated rings. The van der Waals surface area contributed by atoms with Gasteiger partial charge in [0.25, 0.3) is 5.56 Å². The molecule has 8 nitrogen and oxygen atoms in total. The maximum Gasteiger partial charge on any atom is 0.267 e. The monoisotopic (exact) mass is 428 g/mol. The first-order chi connectivity index (χ1) is 15.4. The fourth-order valence-corrected chi connectivity index (χ4v) is 3.35. The number of aryl methyl sites for hydroxylation is 2. The third kappa shape index (κ3) is 4.59. The van der Waals surface area contributed by atoms with E-state index < -0.39 is 6.04 Å². The molecule has 0 aliphatic heterocycles. The zero-order valence-corrected chi connectivity index (χ0v) is 18.1. The molecule has 2 N–H and O–H groups in total. The number of carbonyl (C=O) groups excluding carboxylic acids is 1. The Hall–Kier alpha value is -4.20. The number of para-hydroxylation sites is 1. The third-order valence-electron chi connectivity index (χ3n) is 5.00. The van der Waals surface area contributed by atoms with Crippen molar-refractivity contribution < 1.29 is 4.79 Å². The van der Waals surface area contributed by atoms with Crippen LogP contribution in [0.1, 0.15) is 24.4 Å². The minimum absolute atomic E-state index is 0.339. The minimum Gasteiger partial charge on any atom is -0.356 e. The van der Waals surface area contributed by atoms with Gasteiger partial charge in [-0.25, -0.2) is 9.36 Å². The first-order valence-corrected chi connectivity index (χ1v) is 10.3. The lowest BCUT2D eigenvalue weighted by atomic mass is 10.2. The Bertz CT molecular complexity index is 1290. The second-order valence-electron chi connectivity index (χ2n) is 7.55. The van der Waals surface area contributed by atoms with Gasteiger partial charge >= 0.3 is 0 Å². The quantitative estimate of drug-likeness (QED) is 0.484. The van der Waals surface area contributed by atoms with Crippen LogP contribution in [0.2, 0.25) is 0 Å². The molecule has 1 atom stereocenters. The van der Waals surface area contributed by atoms with E-state index in [0.29, 0.717) is 11.5 Å². The summed E-state index contributed by atoms with van der Waals surface area (Å²) in [5, 5.41) is 14.9. The van der Waals surface area contributed by atoms with E-state index in [0.717, 1.165) is 22.8 Å². The average Bonchev–Trinajstić information content (AvgIpc) is 3.13. The molecule has 0 saturated carbocycles. The molecule has 0 aliphatic rings. The standard InChI is InChI=1S/C24H24N6O2/c1-16-15-17(2)29(27-16)22-13-14-23(31)30(28-22)18(3)24(32)26-21-11-9-20(10-12-21)25-19-7-5-4-6-8-19/h4-15,18,25H,1-3H3,(H,26,32). The van der Waals surface area contributed by atoms with Crippen molar-refractivity contribution in [3.63, 3.8) is 0 Å². The molecule has 2 aromatic carbocycles. The summed E-state index contributed by atoms with van der Waals surface area (Å²) in [7, 11) is 0. The average molecular weight is 428 g/mol. The van der Waals surface area contributed by atoms with Crippen LogP contribution in [-0.2, 0) is 4.79 Å². The van der Waals surface area contributed by atoms with Gasteiger partial charge in [-0.3, -0.25) is 9.59 Å². The molecule has 0 bridgehead atoms. The van der Waals surface area contributed by atoms with Crippen LogP contribution in [0.3, 0.4) is 0 Å². The fourth-order valence-electron chi connectivity index (χ4n) is 3.35. The Balaban J connectivity index is 1.48. The number of rotatable bonds is 6. The Kier molecular flexibility index (Phi) is 5.85. The maximum absolute atomic E-state index is 12.8. The van der Waals surface area contributed by atoms with Gasteiger partial charge in [-0.05, 0) is 69.3 Å². The van der Waals surface area contributed by atoms with Gasteiger partial charge in [-0.15, -0.1) is 5.10 Å². The molecule has 2 aromatic heterocycles. The van der Waals surface area contributed by atoms with E-state index >= 15 is 0 Å². The van der Waals surface area contributed by atoms with Gasteiger partial charge in [-0.1, -0.05) is 18.2 Å². The van der Waals surface area contributed by atoms with E-state index in [1.807, 2.05) is 62.4 Å². The Morgan fingerprint density at radius 2 is 1.53 bits per heavy atom. The minimum atomic E-state index is -0.804. The van der Waals surface area contributed by atoms with Crippen molar-refractivity contribution in [3.8, 4) is 5.82 Å². The predicted octanol–water partition coefficient (Wildman–Crippen LogP) is 3.99. The highest BCUT2D eigenvalue weighted by atomic mass is 16.2. The lowest BCUT2D eigenvalue weighted by molar-refractivity contribution is -0.119. The summed E-state index contributed by atoms with van der Waals surface area (Å²) in [5.41, 5.74) is 3.88. The van der Waals surface area contributed by atoms with Crippen molar-refractivity contribution in [1.82, 2.24) is 19.6 Å². The van der Waals surface area contributed by atoms with Gasteiger partial charge in [0, 0.05) is 28.8 Å². The van der Waals surface area contributed by atoms with Gasteiger partial charge in [0.1, 0.15) is 6.04 Å². The Morgan fingerprint density at radius 3 is 2.19 bits per heavy atom. The van der Waals surface area contributed by atoms with E-state index in [4.69, 9.17) is 0 Å². The summed E-state index contributed by atoms with van der Waals surface area (Å²) in [6.07, 6.45) is 0. The number of nitrogens with zero attached hydrogens (tertiary/aromatic N) is 4. The number of aromatic nitrogens is 4. The highest BCUT2D eigenvalue weighted by Gasteiger charge is 2.19. The van der Waals surface area contributed by atoms with Crippen LogP contribution in [-0.4, -0.2) is 25.5 Å². The number of hydrogen-bond acceptors (Lipinski definition) is 5. The number of nitrogens with one attached hydrogen (secondary N) is 2. The smallest absolute Gasteiger partial charge is 0.267 e. The number of carbonyl (C=O) groups is 1. The van der Waals surface area contributed by atoms with E-state index in [2.05, 4.69) is 20.8 Å². The molecular weight excluding hydrogens is 404 g/mol. The summed E-state index contributed by atoms with van der Waals surface area (Å²) in [5.74, 6) is 0.139. The first-order valence-electron chi connectivity index (χ1n) is 10.3. The number of hydrogen-bond donors (Lipinski definition) is 2. The molecule has 32 heavy (non-hydrogen) atoms. The first kappa shape index (κ1) is 21.0. The van der Waals surface area contributed by atoms with Crippen molar-refractivity contribution in [2.24, 2.45) is 0 Å². The van der Waals surface area contributed by atoms with Gasteiger partial charge in [0.15, 0.2) is 5.82 Å². The van der Waals surface area contributed by atoms with Crippen LogP contribution in [0.5, 0.6) is 0 Å². The SMILES string of the molecule is Cc1cc(C)n(-c2ccc(=O)n(C(C)C(=O)Nc3ccc(Nc4ccccc4)cc3)n2)n1. The number of amides is 1.